The van der Waals surface area contributed by atoms with E-state index in [9.17, 15) is 9.59 Å². The van der Waals surface area contributed by atoms with Crippen molar-refractivity contribution in [3.8, 4) is 0 Å². The molecule has 3 aromatic heterocycles. The van der Waals surface area contributed by atoms with Crippen LogP contribution in [0.4, 0.5) is 5.69 Å². The molecule has 6 nitrogen and oxygen atoms in total. The highest BCUT2D eigenvalue weighted by molar-refractivity contribution is 6.06. The first-order valence-electron chi connectivity index (χ1n) is 8.73. The fourth-order valence-corrected chi connectivity index (χ4v) is 3.38. The van der Waals surface area contributed by atoms with Crippen LogP contribution >= 0.6 is 0 Å². The molecule has 27 heavy (non-hydrogen) atoms. The SMILES string of the molecule is Cc1ccc2nc3c(cc(C(=O)Nc4c(C)cccc4C)n3C)c(=O)n2c1. The lowest BCUT2D eigenvalue weighted by Gasteiger charge is -2.11. The maximum absolute atomic E-state index is 12.9. The normalized spacial score (nSPS) is 11.3. The van der Waals surface area contributed by atoms with Gasteiger partial charge in [-0.2, -0.15) is 0 Å². The third-order valence-corrected chi connectivity index (χ3v) is 4.90. The number of carbonyl (C=O) groups is 1. The predicted molar refractivity (Wildman–Crippen MR) is 107 cm³/mol. The number of hydrogen-bond donors (Lipinski definition) is 1. The van der Waals surface area contributed by atoms with Crippen molar-refractivity contribution in [3.63, 3.8) is 0 Å². The van der Waals surface area contributed by atoms with Crippen molar-refractivity contribution in [3.05, 3.63) is 75.3 Å². The number of hydrogen-bond acceptors (Lipinski definition) is 3. The monoisotopic (exact) mass is 360 g/mol. The second kappa shape index (κ2) is 6.09. The zero-order valence-corrected chi connectivity index (χ0v) is 15.7. The number of amides is 1. The Hall–Kier alpha value is -3.41. The number of nitrogens with zero attached hydrogens (tertiary/aromatic N) is 3. The molecule has 136 valence electrons. The van der Waals surface area contributed by atoms with Gasteiger partial charge in [0.1, 0.15) is 17.0 Å². The van der Waals surface area contributed by atoms with Crippen molar-refractivity contribution >= 4 is 28.3 Å². The van der Waals surface area contributed by atoms with Crippen LogP contribution in [0.15, 0.2) is 47.4 Å². The number of rotatable bonds is 2. The molecule has 0 aliphatic carbocycles. The Kier molecular flexibility index (Phi) is 3.84. The Balaban J connectivity index is 1.86. The number of aromatic nitrogens is 3. The summed E-state index contributed by atoms with van der Waals surface area (Å²) in [6, 6.07) is 11.2. The summed E-state index contributed by atoms with van der Waals surface area (Å²) in [4.78, 5) is 30.3. The third-order valence-electron chi connectivity index (χ3n) is 4.90. The molecule has 1 aromatic carbocycles. The standard InChI is InChI=1S/C21H20N4O2/c1-12-8-9-17-22-19-15(21(27)25(17)11-12)10-16(24(19)4)20(26)23-18-13(2)6-5-7-14(18)3/h5-11H,1-4H3,(H,23,26). The molecule has 4 rings (SSSR count). The van der Waals surface area contributed by atoms with Gasteiger partial charge in [-0.1, -0.05) is 24.3 Å². The maximum Gasteiger partial charge on any atom is 0.272 e. The van der Waals surface area contributed by atoms with E-state index in [-0.39, 0.29) is 11.5 Å². The molecule has 0 spiro atoms. The summed E-state index contributed by atoms with van der Waals surface area (Å²) in [6.45, 7) is 5.82. The van der Waals surface area contributed by atoms with Crippen LogP contribution in [0, 0.1) is 20.8 Å². The number of pyridine rings is 1. The van der Waals surface area contributed by atoms with Crippen LogP contribution in [0.2, 0.25) is 0 Å². The van der Waals surface area contributed by atoms with E-state index in [4.69, 9.17) is 0 Å². The van der Waals surface area contributed by atoms with Crippen molar-refractivity contribution in [1.29, 1.82) is 0 Å². The summed E-state index contributed by atoms with van der Waals surface area (Å²) in [5.74, 6) is -0.266. The van der Waals surface area contributed by atoms with E-state index in [1.165, 1.54) is 4.40 Å². The van der Waals surface area contributed by atoms with Gasteiger partial charge in [0.15, 0.2) is 0 Å². The van der Waals surface area contributed by atoms with Crippen LogP contribution in [-0.2, 0) is 7.05 Å². The minimum atomic E-state index is -0.266. The number of benzene rings is 1. The number of nitrogens with one attached hydrogen (secondary N) is 1. The van der Waals surface area contributed by atoms with E-state index in [0.29, 0.717) is 22.4 Å². The molecule has 0 aliphatic rings. The number of para-hydroxylation sites is 1. The van der Waals surface area contributed by atoms with Gasteiger partial charge in [-0.25, -0.2) is 4.98 Å². The summed E-state index contributed by atoms with van der Waals surface area (Å²) in [5.41, 5.74) is 5.00. The fourth-order valence-electron chi connectivity index (χ4n) is 3.38. The quantitative estimate of drug-likeness (QED) is 0.596. The van der Waals surface area contributed by atoms with E-state index in [1.807, 2.05) is 45.0 Å². The minimum absolute atomic E-state index is 0.180. The van der Waals surface area contributed by atoms with Gasteiger partial charge < -0.3 is 9.88 Å². The molecule has 0 atom stereocenters. The molecule has 0 saturated carbocycles. The molecule has 0 bridgehead atoms. The first-order valence-corrected chi connectivity index (χ1v) is 8.73. The Bertz CT molecular complexity index is 1260. The third kappa shape index (κ3) is 2.70. The predicted octanol–water partition coefficient (Wildman–Crippen LogP) is 3.36. The fraction of sp³-hybridized carbons (Fsp3) is 0.190. The van der Waals surface area contributed by atoms with Crippen molar-refractivity contribution in [2.24, 2.45) is 7.05 Å². The number of anilines is 1. The van der Waals surface area contributed by atoms with Crippen LogP contribution in [-0.4, -0.2) is 19.9 Å². The molecule has 0 saturated heterocycles. The number of carbonyl (C=O) groups excluding carboxylic acids is 1. The number of aryl methyl sites for hydroxylation is 4. The summed E-state index contributed by atoms with van der Waals surface area (Å²) in [6.07, 6.45) is 1.76. The van der Waals surface area contributed by atoms with E-state index >= 15 is 0 Å². The van der Waals surface area contributed by atoms with Crippen LogP contribution in [0.1, 0.15) is 27.2 Å². The van der Waals surface area contributed by atoms with E-state index in [0.717, 1.165) is 22.4 Å². The largest absolute Gasteiger partial charge is 0.324 e. The second-order valence-corrected chi connectivity index (χ2v) is 6.90. The Labute approximate surface area is 156 Å². The Morgan fingerprint density at radius 3 is 2.48 bits per heavy atom. The van der Waals surface area contributed by atoms with E-state index in [2.05, 4.69) is 10.3 Å². The van der Waals surface area contributed by atoms with Crippen LogP contribution in [0.5, 0.6) is 0 Å². The van der Waals surface area contributed by atoms with Gasteiger partial charge in [-0.05, 0) is 49.6 Å². The zero-order valence-electron chi connectivity index (χ0n) is 15.7. The smallest absolute Gasteiger partial charge is 0.272 e. The molecule has 1 N–H and O–H groups in total. The molecule has 6 heteroatoms. The first kappa shape index (κ1) is 17.0. The highest BCUT2D eigenvalue weighted by Gasteiger charge is 2.18. The van der Waals surface area contributed by atoms with Crippen molar-refractivity contribution < 1.29 is 4.79 Å². The topological polar surface area (TPSA) is 68.4 Å². The molecular formula is C21H20N4O2. The van der Waals surface area contributed by atoms with Gasteiger partial charge in [0.2, 0.25) is 0 Å². The van der Waals surface area contributed by atoms with Gasteiger partial charge >= 0.3 is 0 Å². The summed E-state index contributed by atoms with van der Waals surface area (Å²) in [7, 11) is 1.75. The molecule has 0 fully saturated rings. The van der Waals surface area contributed by atoms with Crippen molar-refractivity contribution in [1.82, 2.24) is 14.0 Å². The average Bonchev–Trinajstić information content (AvgIpc) is 2.96. The lowest BCUT2D eigenvalue weighted by molar-refractivity contribution is 0.101. The lowest BCUT2D eigenvalue weighted by atomic mass is 10.1. The number of fused-ring (bicyclic) bond motifs is 2. The van der Waals surface area contributed by atoms with Gasteiger partial charge in [-0.3, -0.25) is 14.0 Å². The molecular weight excluding hydrogens is 340 g/mol. The van der Waals surface area contributed by atoms with Gasteiger partial charge in [0.25, 0.3) is 11.5 Å². The highest BCUT2D eigenvalue weighted by Crippen LogP contribution is 2.22. The minimum Gasteiger partial charge on any atom is -0.324 e. The van der Waals surface area contributed by atoms with E-state index < -0.39 is 0 Å². The van der Waals surface area contributed by atoms with Crippen molar-refractivity contribution in [2.45, 2.75) is 20.8 Å². The average molecular weight is 360 g/mol. The molecule has 0 aliphatic heterocycles. The summed E-state index contributed by atoms with van der Waals surface area (Å²) in [5, 5.41) is 3.39. The van der Waals surface area contributed by atoms with Gasteiger partial charge in [0, 0.05) is 18.9 Å². The molecule has 4 aromatic rings. The van der Waals surface area contributed by atoms with Gasteiger partial charge in [-0.15, -0.1) is 0 Å². The lowest BCUT2D eigenvalue weighted by Crippen LogP contribution is -2.17. The van der Waals surface area contributed by atoms with Crippen LogP contribution in [0.3, 0.4) is 0 Å². The maximum atomic E-state index is 12.9. The van der Waals surface area contributed by atoms with Crippen LogP contribution < -0.4 is 10.9 Å². The van der Waals surface area contributed by atoms with Crippen molar-refractivity contribution in [2.75, 3.05) is 5.32 Å². The second-order valence-electron chi connectivity index (χ2n) is 6.90. The molecule has 1 amide bonds. The Morgan fingerprint density at radius 2 is 1.78 bits per heavy atom. The molecule has 0 radical (unpaired) electrons. The summed E-state index contributed by atoms with van der Waals surface area (Å²) < 4.78 is 3.18. The van der Waals surface area contributed by atoms with Crippen LogP contribution in [0.25, 0.3) is 16.7 Å². The summed E-state index contributed by atoms with van der Waals surface area (Å²) >= 11 is 0. The van der Waals surface area contributed by atoms with E-state index in [1.54, 1.807) is 29.9 Å². The highest BCUT2D eigenvalue weighted by atomic mass is 16.2. The molecule has 3 heterocycles. The zero-order chi connectivity index (χ0) is 19.3. The Morgan fingerprint density at radius 1 is 1.07 bits per heavy atom. The molecule has 0 unspecified atom stereocenters. The van der Waals surface area contributed by atoms with Gasteiger partial charge in [0.05, 0.1) is 5.39 Å². The first-order chi connectivity index (χ1) is 12.9.